The second-order valence-electron chi connectivity index (χ2n) is 5.11. The van der Waals surface area contributed by atoms with Crippen LogP contribution in [0.5, 0.6) is 0 Å². The van der Waals surface area contributed by atoms with Crippen LogP contribution in [0.4, 0.5) is 0 Å². The molecule has 1 heterocycles. The molecule has 0 bridgehead atoms. The van der Waals surface area contributed by atoms with Crippen molar-refractivity contribution in [2.45, 2.75) is 12.6 Å². The molecular weight excluding hydrogens is 260 g/mol. The van der Waals surface area contributed by atoms with E-state index >= 15 is 0 Å². The Bertz CT molecular complexity index is 712. The van der Waals surface area contributed by atoms with Gasteiger partial charge in [-0.2, -0.15) is 0 Å². The van der Waals surface area contributed by atoms with Crippen molar-refractivity contribution in [3.8, 4) is 0 Å². The predicted octanol–water partition coefficient (Wildman–Crippen LogP) is 3.06. The van der Waals surface area contributed by atoms with Gasteiger partial charge >= 0.3 is 0 Å². The van der Waals surface area contributed by atoms with Crippen LogP contribution in [0.3, 0.4) is 0 Å². The summed E-state index contributed by atoms with van der Waals surface area (Å²) in [4.78, 5) is 4.07. The van der Waals surface area contributed by atoms with E-state index < -0.39 is 6.10 Å². The largest absolute Gasteiger partial charge is 0.387 e. The molecule has 106 valence electrons. The fourth-order valence-electron chi connectivity index (χ4n) is 2.39. The Morgan fingerprint density at radius 2 is 1.86 bits per heavy atom. The number of aromatic nitrogens is 1. The third-order valence-corrected chi connectivity index (χ3v) is 3.55. The molecule has 1 atom stereocenters. The van der Waals surface area contributed by atoms with Gasteiger partial charge < -0.3 is 10.4 Å². The lowest BCUT2D eigenvalue weighted by Gasteiger charge is -2.13. The van der Waals surface area contributed by atoms with Crippen LogP contribution < -0.4 is 5.32 Å². The Balaban J connectivity index is 1.62. The summed E-state index contributed by atoms with van der Waals surface area (Å²) in [5.74, 6) is 0. The second kappa shape index (κ2) is 6.48. The minimum absolute atomic E-state index is 0.508. The van der Waals surface area contributed by atoms with Crippen molar-refractivity contribution in [3.63, 3.8) is 0 Å². The third-order valence-electron chi connectivity index (χ3n) is 3.55. The third kappa shape index (κ3) is 3.45. The number of benzene rings is 2. The Hall–Kier alpha value is -2.23. The van der Waals surface area contributed by atoms with Gasteiger partial charge in [0, 0.05) is 25.5 Å². The number of fused-ring (bicyclic) bond motifs is 1. The molecule has 0 saturated heterocycles. The molecule has 1 unspecified atom stereocenters. The first-order valence-electron chi connectivity index (χ1n) is 7.09. The first kappa shape index (κ1) is 13.7. The van der Waals surface area contributed by atoms with Crippen LogP contribution in [0.15, 0.2) is 67.0 Å². The van der Waals surface area contributed by atoms with Gasteiger partial charge in [-0.15, -0.1) is 0 Å². The maximum absolute atomic E-state index is 10.3. The van der Waals surface area contributed by atoms with E-state index in [1.165, 1.54) is 5.39 Å². The normalized spacial score (nSPS) is 12.4. The molecule has 3 rings (SSSR count). The molecule has 0 aliphatic rings. The van der Waals surface area contributed by atoms with E-state index in [1.54, 1.807) is 6.20 Å². The molecule has 0 aliphatic carbocycles. The summed E-state index contributed by atoms with van der Waals surface area (Å²) in [7, 11) is 0. The highest BCUT2D eigenvalue weighted by Gasteiger charge is 2.07. The maximum Gasteiger partial charge on any atom is 0.0914 e. The van der Waals surface area contributed by atoms with Gasteiger partial charge in [0.2, 0.25) is 0 Å². The van der Waals surface area contributed by atoms with Crippen molar-refractivity contribution in [2.24, 2.45) is 0 Å². The van der Waals surface area contributed by atoms with Crippen molar-refractivity contribution >= 4 is 10.8 Å². The zero-order valence-electron chi connectivity index (χ0n) is 11.7. The van der Waals surface area contributed by atoms with Crippen molar-refractivity contribution in [2.75, 3.05) is 6.54 Å². The van der Waals surface area contributed by atoms with Crippen LogP contribution >= 0.6 is 0 Å². The number of nitrogens with zero attached hydrogens (tertiary/aromatic N) is 1. The SMILES string of the molecule is OC(CNCc1cccnc1)c1ccc2ccccc2c1. The Morgan fingerprint density at radius 1 is 1.00 bits per heavy atom. The number of nitrogens with one attached hydrogen (secondary N) is 1. The highest BCUT2D eigenvalue weighted by molar-refractivity contribution is 5.83. The lowest BCUT2D eigenvalue weighted by Crippen LogP contribution is -2.21. The molecule has 0 spiro atoms. The molecule has 2 aromatic carbocycles. The summed E-state index contributed by atoms with van der Waals surface area (Å²) in [5, 5.41) is 15.9. The average Bonchev–Trinajstić information content (AvgIpc) is 2.55. The van der Waals surface area contributed by atoms with Crippen LogP contribution in [-0.2, 0) is 6.54 Å². The van der Waals surface area contributed by atoms with Gasteiger partial charge in [0.1, 0.15) is 0 Å². The average molecular weight is 278 g/mol. The molecule has 3 aromatic rings. The van der Waals surface area contributed by atoms with Crippen LogP contribution in [0.1, 0.15) is 17.2 Å². The fraction of sp³-hybridized carbons (Fsp3) is 0.167. The zero-order chi connectivity index (χ0) is 14.5. The number of pyridine rings is 1. The highest BCUT2D eigenvalue weighted by atomic mass is 16.3. The zero-order valence-corrected chi connectivity index (χ0v) is 11.7. The first-order chi connectivity index (χ1) is 10.3. The lowest BCUT2D eigenvalue weighted by molar-refractivity contribution is 0.174. The number of rotatable bonds is 5. The number of hydrogen-bond acceptors (Lipinski definition) is 3. The number of aliphatic hydroxyl groups is 1. The number of aliphatic hydroxyl groups excluding tert-OH is 1. The van der Waals surface area contributed by atoms with Crippen LogP contribution in [0.25, 0.3) is 10.8 Å². The second-order valence-corrected chi connectivity index (χ2v) is 5.11. The summed E-state index contributed by atoms with van der Waals surface area (Å²) < 4.78 is 0. The van der Waals surface area contributed by atoms with Crippen molar-refractivity contribution < 1.29 is 5.11 Å². The fourth-order valence-corrected chi connectivity index (χ4v) is 2.39. The smallest absolute Gasteiger partial charge is 0.0914 e. The highest BCUT2D eigenvalue weighted by Crippen LogP contribution is 2.20. The van der Waals surface area contributed by atoms with E-state index in [2.05, 4.69) is 28.5 Å². The molecule has 0 aliphatic heterocycles. The van der Waals surface area contributed by atoms with E-state index in [0.717, 1.165) is 16.5 Å². The molecule has 0 radical (unpaired) electrons. The van der Waals surface area contributed by atoms with Gasteiger partial charge in [0.25, 0.3) is 0 Å². The number of hydrogen-bond donors (Lipinski definition) is 2. The van der Waals surface area contributed by atoms with Crippen molar-refractivity contribution in [1.82, 2.24) is 10.3 Å². The molecule has 0 fully saturated rings. The first-order valence-corrected chi connectivity index (χ1v) is 7.09. The summed E-state index contributed by atoms with van der Waals surface area (Å²) in [5.41, 5.74) is 2.05. The summed E-state index contributed by atoms with van der Waals surface area (Å²) in [6.45, 7) is 1.23. The van der Waals surface area contributed by atoms with E-state index in [1.807, 2.05) is 42.6 Å². The van der Waals surface area contributed by atoms with E-state index in [0.29, 0.717) is 13.1 Å². The molecule has 3 nitrogen and oxygen atoms in total. The molecule has 2 N–H and O–H groups in total. The Kier molecular flexibility index (Phi) is 4.24. The standard InChI is InChI=1S/C18H18N2O/c21-18(13-20-12-14-4-3-9-19-11-14)17-8-7-15-5-1-2-6-16(15)10-17/h1-11,18,20-21H,12-13H2. The summed E-state index contributed by atoms with van der Waals surface area (Å²) in [6, 6.07) is 18.2. The summed E-state index contributed by atoms with van der Waals surface area (Å²) in [6.07, 6.45) is 3.08. The topological polar surface area (TPSA) is 45.1 Å². The quantitative estimate of drug-likeness (QED) is 0.754. The maximum atomic E-state index is 10.3. The van der Waals surface area contributed by atoms with Crippen LogP contribution in [0, 0.1) is 0 Å². The van der Waals surface area contributed by atoms with E-state index in [4.69, 9.17) is 0 Å². The molecule has 1 aromatic heterocycles. The van der Waals surface area contributed by atoms with Gasteiger partial charge in [0.05, 0.1) is 6.10 Å². The van der Waals surface area contributed by atoms with E-state index in [-0.39, 0.29) is 0 Å². The minimum Gasteiger partial charge on any atom is -0.387 e. The molecule has 3 heteroatoms. The summed E-state index contributed by atoms with van der Waals surface area (Å²) >= 11 is 0. The van der Waals surface area contributed by atoms with Crippen molar-refractivity contribution in [3.05, 3.63) is 78.1 Å². The van der Waals surface area contributed by atoms with Gasteiger partial charge in [-0.3, -0.25) is 4.98 Å². The van der Waals surface area contributed by atoms with Gasteiger partial charge in [-0.05, 0) is 34.0 Å². The molecule has 0 saturated carbocycles. The van der Waals surface area contributed by atoms with Crippen LogP contribution in [-0.4, -0.2) is 16.6 Å². The van der Waals surface area contributed by atoms with Crippen molar-refractivity contribution in [1.29, 1.82) is 0 Å². The van der Waals surface area contributed by atoms with Gasteiger partial charge in [0.15, 0.2) is 0 Å². The van der Waals surface area contributed by atoms with Gasteiger partial charge in [-0.25, -0.2) is 0 Å². The lowest BCUT2D eigenvalue weighted by atomic mass is 10.0. The monoisotopic (exact) mass is 278 g/mol. The Morgan fingerprint density at radius 3 is 2.67 bits per heavy atom. The minimum atomic E-state index is -0.508. The molecule has 21 heavy (non-hydrogen) atoms. The Labute approximate surface area is 124 Å². The van der Waals surface area contributed by atoms with E-state index in [9.17, 15) is 5.11 Å². The van der Waals surface area contributed by atoms with Crippen LogP contribution in [0.2, 0.25) is 0 Å². The molecular formula is C18H18N2O. The van der Waals surface area contributed by atoms with Gasteiger partial charge in [-0.1, -0.05) is 42.5 Å². The predicted molar refractivity (Wildman–Crippen MR) is 84.9 cm³/mol. The molecule has 0 amide bonds.